The van der Waals surface area contributed by atoms with E-state index in [0.717, 1.165) is 6.42 Å². The van der Waals surface area contributed by atoms with Crippen LogP contribution in [0.2, 0.25) is 0 Å². The molecule has 0 aromatic heterocycles. The topological polar surface area (TPSA) is 23.8 Å². The summed E-state index contributed by atoms with van der Waals surface area (Å²) in [6.07, 6.45) is 11.7. The molecule has 0 heterocycles. The maximum atomic E-state index is 8.52. The normalized spacial score (nSPS) is 13.0. The van der Waals surface area contributed by atoms with Gasteiger partial charge in [-0.1, -0.05) is 38.3 Å². The Morgan fingerprint density at radius 1 is 1.23 bits per heavy atom. The van der Waals surface area contributed by atoms with Gasteiger partial charge in [0, 0.05) is 5.92 Å². The van der Waals surface area contributed by atoms with Crippen LogP contribution in [0, 0.1) is 17.2 Å². The summed E-state index contributed by atoms with van der Waals surface area (Å²) in [5.41, 5.74) is 0. The van der Waals surface area contributed by atoms with E-state index in [9.17, 15) is 0 Å². The minimum absolute atomic E-state index is 0.173. The summed E-state index contributed by atoms with van der Waals surface area (Å²) in [7, 11) is 0. The van der Waals surface area contributed by atoms with Crippen molar-refractivity contribution in [3.63, 3.8) is 0 Å². The predicted molar refractivity (Wildman–Crippen MR) is 57.3 cm³/mol. The molecule has 0 aliphatic carbocycles. The molecule has 0 aliphatic heterocycles. The zero-order valence-electron chi connectivity index (χ0n) is 8.92. The molecule has 0 rings (SSSR count). The third-order valence-electron chi connectivity index (χ3n) is 2.10. The Hall–Kier alpha value is -0.770. The summed E-state index contributed by atoms with van der Waals surface area (Å²) in [6, 6.07) is 2.22. The van der Waals surface area contributed by atoms with Crippen LogP contribution in [0.15, 0.2) is 12.2 Å². The van der Waals surface area contributed by atoms with Gasteiger partial charge in [-0.25, -0.2) is 0 Å². The molecule has 0 fully saturated rings. The first-order valence-electron chi connectivity index (χ1n) is 5.35. The van der Waals surface area contributed by atoms with Crippen molar-refractivity contribution in [1.82, 2.24) is 0 Å². The Morgan fingerprint density at radius 3 is 2.62 bits per heavy atom. The van der Waals surface area contributed by atoms with E-state index < -0.39 is 0 Å². The van der Waals surface area contributed by atoms with Crippen LogP contribution < -0.4 is 0 Å². The van der Waals surface area contributed by atoms with Gasteiger partial charge >= 0.3 is 0 Å². The van der Waals surface area contributed by atoms with Gasteiger partial charge in [0.25, 0.3) is 0 Å². The van der Waals surface area contributed by atoms with Gasteiger partial charge in [0.2, 0.25) is 0 Å². The fourth-order valence-electron chi connectivity index (χ4n) is 1.16. The fraction of sp³-hybridized carbons (Fsp3) is 0.750. The summed E-state index contributed by atoms with van der Waals surface area (Å²) in [5, 5.41) is 8.52. The number of hydrogen-bond acceptors (Lipinski definition) is 1. The quantitative estimate of drug-likeness (QED) is 0.427. The Balaban J connectivity index is 3.18. The Bertz CT molecular complexity index is 164. The SMILES string of the molecule is CCCCCC/C=C/CC(C)C#N. The molecular weight excluding hydrogens is 158 g/mol. The highest BCUT2D eigenvalue weighted by Crippen LogP contribution is 2.05. The lowest BCUT2D eigenvalue weighted by Crippen LogP contribution is -1.84. The third-order valence-corrected chi connectivity index (χ3v) is 2.10. The van der Waals surface area contributed by atoms with E-state index in [2.05, 4.69) is 25.1 Å². The Kier molecular flexibility index (Phi) is 8.77. The molecule has 74 valence electrons. The van der Waals surface area contributed by atoms with E-state index >= 15 is 0 Å². The van der Waals surface area contributed by atoms with Gasteiger partial charge in [0.15, 0.2) is 0 Å². The minimum Gasteiger partial charge on any atom is -0.198 e. The molecule has 0 radical (unpaired) electrons. The van der Waals surface area contributed by atoms with Crippen molar-refractivity contribution in [2.45, 2.75) is 52.4 Å². The first-order valence-corrected chi connectivity index (χ1v) is 5.35. The lowest BCUT2D eigenvalue weighted by molar-refractivity contribution is 0.672. The minimum atomic E-state index is 0.173. The highest BCUT2D eigenvalue weighted by Gasteiger charge is 1.93. The standard InChI is InChI=1S/C12H21N/c1-3-4-5-6-7-8-9-10-12(2)11-13/h8-9,12H,3-7,10H2,1-2H3/b9-8+. The largest absolute Gasteiger partial charge is 0.198 e. The van der Waals surface area contributed by atoms with Crippen molar-refractivity contribution in [3.8, 4) is 6.07 Å². The average Bonchev–Trinajstić information content (AvgIpc) is 2.16. The monoisotopic (exact) mass is 179 g/mol. The zero-order chi connectivity index (χ0) is 9.94. The van der Waals surface area contributed by atoms with Crippen molar-refractivity contribution in [2.24, 2.45) is 5.92 Å². The smallest absolute Gasteiger partial charge is 0.0656 e. The van der Waals surface area contributed by atoms with E-state index in [1.807, 2.05) is 6.92 Å². The molecule has 0 spiro atoms. The molecule has 0 saturated heterocycles. The number of hydrogen-bond donors (Lipinski definition) is 0. The number of nitrogens with zero attached hydrogens (tertiary/aromatic N) is 1. The van der Waals surface area contributed by atoms with Gasteiger partial charge in [-0.05, 0) is 26.2 Å². The molecule has 1 unspecified atom stereocenters. The molecule has 0 saturated carbocycles. The maximum Gasteiger partial charge on any atom is 0.0656 e. The molecule has 0 bridgehead atoms. The number of rotatable bonds is 7. The summed E-state index contributed by atoms with van der Waals surface area (Å²) in [5.74, 6) is 0.173. The first kappa shape index (κ1) is 12.2. The molecule has 0 aliphatic rings. The Labute approximate surface area is 82.5 Å². The number of nitriles is 1. The summed E-state index contributed by atoms with van der Waals surface area (Å²) >= 11 is 0. The van der Waals surface area contributed by atoms with Gasteiger partial charge in [-0.3, -0.25) is 0 Å². The molecule has 1 nitrogen and oxygen atoms in total. The Morgan fingerprint density at radius 2 is 2.00 bits per heavy atom. The highest BCUT2D eigenvalue weighted by atomic mass is 14.2. The van der Waals surface area contributed by atoms with Gasteiger partial charge in [0.1, 0.15) is 0 Å². The van der Waals surface area contributed by atoms with Crippen LogP contribution in [0.3, 0.4) is 0 Å². The second-order valence-electron chi connectivity index (χ2n) is 3.59. The van der Waals surface area contributed by atoms with Crippen LogP contribution in [0.4, 0.5) is 0 Å². The molecule has 1 atom stereocenters. The molecule has 13 heavy (non-hydrogen) atoms. The van der Waals surface area contributed by atoms with Gasteiger partial charge < -0.3 is 0 Å². The van der Waals surface area contributed by atoms with Gasteiger partial charge in [0.05, 0.1) is 6.07 Å². The van der Waals surface area contributed by atoms with Crippen molar-refractivity contribution in [1.29, 1.82) is 5.26 Å². The van der Waals surface area contributed by atoms with Crippen molar-refractivity contribution in [3.05, 3.63) is 12.2 Å². The third kappa shape index (κ3) is 9.14. The molecular formula is C12H21N. The van der Waals surface area contributed by atoms with E-state index in [-0.39, 0.29) is 5.92 Å². The highest BCUT2D eigenvalue weighted by molar-refractivity contribution is 4.89. The molecule has 0 aromatic rings. The van der Waals surface area contributed by atoms with Gasteiger partial charge in [-0.2, -0.15) is 5.26 Å². The first-order chi connectivity index (χ1) is 6.31. The van der Waals surface area contributed by atoms with Gasteiger partial charge in [-0.15, -0.1) is 0 Å². The van der Waals surface area contributed by atoms with Crippen LogP contribution in [0.25, 0.3) is 0 Å². The average molecular weight is 179 g/mol. The second kappa shape index (κ2) is 9.32. The van der Waals surface area contributed by atoms with Crippen molar-refractivity contribution in [2.75, 3.05) is 0 Å². The van der Waals surface area contributed by atoms with E-state index in [1.54, 1.807) is 0 Å². The van der Waals surface area contributed by atoms with Crippen molar-refractivity contribution >= 4 is 0 Å². The molecule has 0 aromatic carbocycles. The predicted octanol–water partition coefficient (Wildman–Crippen LogP) is 4.06. The van der Waals surface area contributed by atoms with Crippen LogP contribution in [-0.4, -0.2) is 0 Å². The van der Waals surface area contributed by atoms with E-state index in [0.29, 0.717) is 0 Å². The summed E-state index contributed by atoms with van der Waals surface area (Å²) < 4.78 is 0. The fourth-order valence-corrected chi connectivity index (χ4v) is 1.16. The molecule has 0 amide bonds. The molecule has 1 heteroatoms. The maximum absolute atomic E-state index is 8.52. The second-order valence-corrected chi connectivity index (χ2v) is 3.59. The van der Waals surface area contributed by atoms with Crippen LogP contribution in [0.5, 0.6) is 0 Å². The summed E-state index contributed by atoms with van der Waals surface area (Å²) in [4.78, 5) is 0. The molecule has 0 N–H and O–H groups in total. The van der Waals surface area contributed by atoms with Crippen molar-refractivity contribution < 1.29 is 0 Å². The van der Waals surface area contributed by atoms with E-state index in [4.69, 9.17) is 5.26 Å². The summed E-state index contributed by atoms with van der Waals surface area (Å²) in [6.45, 7) is 4.19. The zero-order valence-corrected chi connectivity index (χ0v) is 8.92. The lowest BCUT2D eigenvalue weighted by atomic mass is 10.1. The number of allylic oxidation sites excluding steroid dienone is 2. The lowest BCUT2D eigenvalue weighted by Gasteiger charge is -1.95. The number of unbranched alkanes of at least 4 members (excludes halogenated alkanes) is 4. The van der Waals surface area contributed by atoms with Crippen LogP contribution in [-0.2, 0) is 0 Å². The van der Waals surface area contributed by atoms with Crippen LogP contribution in [0.1, 0.15) is 52.4 Å². The van der Waals surface area contributed by atoms with E-state index in [1.165, 1.54) is 32.1 Å². The van der Waals surface area contributed by atoms with Crippen LogP contribution >= 0.6 is 0 Å².